The highest BCUT2D eigenvalue weighted by molar-refractivity contribution is 6.01. The van der Waals surface area contributed by atoms with Gasteiger partial charge in [-0.1, -0.05) is 68.4 Å². The first-order valence-corrected chi connectivity index (χ1v) is 22.1. The van der Waals surface area contributed by atoms with Gasteiger partial charge in [-0.25, -0.2) is 24.5 Å². The summed E-state index contributed by atoms with van der Waals surface area (Å²) in [5, 5.41) is 10.8. The number of H-pyrrole nitrogens is 2. The summed E-state index contributed by atoms with van der Waals surface area (Å²) in [7, 11) is 2.65. The average molecular weight is 935 g/mol. The molecular weight excluding hydrogens is 886 g/mol. The van der Waals surface area contributed by atoms with Gasteiger partial charge in [0.1, 0.15) is 17.7 Å². The lowest BCUT2D eigenvalue weighted by Gasteiger charge is -2.30. The van der Waals surface area contributed by atoms with E-state index >= 15 is 0 Å². The third kappa shape index (κ3) is 9.63. The van der Waals surface area contributed by atoms with Crippen molar-refractivity contribution in [3.8, 4) is 33.8 Å². The largest absolute Gasteiger partial charge is 0.490 e. The molecule has 9 rings (SSSR count). The third-order valence-electron chi connectivity index (χ3n) is 12.6. The second kappa shape index (κ2) is 19.3. The number of halogens is 3. The Kier molecular flexibility index (Phi) is 13.3. The van der Waals surface area contributed by atoms with Gasteiger partial charge in [0.25, 0.3) is 0 Å². The van der Waals surface area contributed by atoms with Crippen LogP contribution in [-0.2, 0) is 41.5 Å². The number of aromatic amines is 2. The maximum absolute atomic E-state index is 14.0. The maximum Gasteiger partial charge on any atom is 0.490 e. The Morgan fingerprint density at radius 1 is 0.853 bits per heavy atom. The van der Waals surface area contributed by atoms with Crippen LogP contribution >= 0.6 is 0 Å². The molecule has 16 nitrogen and oxygen atoms in total. The quantitative estimate of drug-likeness (QED) is 0.0964. The number of pyridine rings is 1. The number of aromatic nitrogens is 5. The molecule has 0 unspecified atom stereocenters. The summed E-state index contributed by atoms with van der Waals surface area (Å²) in [6, 6.07) is 23.3. The minimum absolute atomic E-state index is 0.0563. The molecule has 3 aliphatic rings. The summed E-state index contributed by atoms with van der Waals surface area (Å²) >= 11 is 0. The molecule has 3 aliphatic heterocycles. The number of carboxylic acids is 1. The number of alkyl carbamates (subject to hydrolysis) is 1. The number of alkyl halides is 3. The monoisotopic (exact) mass is 934 g/mol. The number of para-hydroxylation sites is 1. The zero-order valence-corrected chi connectivity index (χ0v) is 37.6. The molecular formula is C49H49F3N8O8. The number of likely N-dealkylation sites (tertiary alicyclic amines) is 1. The lowest BCUT2D eigenvalue weighted by atomic mass is 9.95. The predicted octanol–water partition coefficient (Wildman–Crippen LogP) is 8.12. The molecule has 1 fully saturated rings. The van der Waals surface area contributed by atoms with Crippen LogP contribution in [0, 0.1) is 11.8 Å². The first-order valence-electron chi connectivity index (χ1n) is 22.1. The van der Waals surface area contributed by atoms with Gasteiger partial charge in [-0.05, 0) is 66.5 Å². The molecule has 68 heavy (non-hydrogen) atoms. The third-order valence-corrected chi connectivity index (χ3v) is 12.6. The van der Waals surface area contributed by atoms with Crippen LogP contribution in [0.25, 0.3) is 44.7 Å². The second-order valence-electron chi connectivity index (χ2n) is 17.3. The number of anilines is 1. The minimum Gasteiger partial charge on any atom is -0.475 e. The Balaban J connectivity index is 0.000000830. The van der Waals surface area contributed by atoms with Gasteiger partial charge in [0.05, 0.1) is 73.4 Å². The van der Waals surface area contributed by atoms with Crippen molar-refractivity contribution < 1.29 is 51.7 Å². The predicted molar refractivity (Wildman–Crippen MR) is 243 cm³/mol. The van der Waals surface area contributed by atoms with Crippen molar-refractivity contribution in [3.63, 3.8) is 0 Å². The van der Waals surface area contributed by atoms with E-state index in [4.69, 9.17) is 29.3 Å². The standard InChI is InChI=1S/C47H48N8O6.C2HF3O2/c1-26(2)41(53-47(59)61-4)46(58)54-20-6-9-38(54)43-48-24-36(51-43)28-12-10-27(11-13-28)34-18-16-30-21-31(17-19-35(30)50-34)37-25-49-44(52-37)39-22-32-8-5-7-29-14-15-33(23-40(56)60-3)45(57)55(39)42(29)32;3-2(4,5)1(6)7/h5,7-8,10-13,16-19,21,24-26,33,38-39,41H,6,9,14-15,20,22-23H2,1-4H3,(H,48,51)(H,49,52)(H,53,59);(H,6,7)/t33-,38+,39+,41+;/m1./s1. The van der Waals surface area contributed by atoms with Crippen molar-refractivity contribution in [2.45, 2.75) is 76.7 Å². The van der Waals surface area contributed by atoms with Crippen LogP contribution in [-0.4, -0.2) is 97.8 Å². The van der Waals surface area contributed by atoms with E-state index < -0.39 is 30.2 Å². The number of benzene rings is 3. The maximum atomic E-state index is 14.0. The van der Waals surface area contributed by atoms with Crippen LogP contribution in [0.5, 0.6) is 0 Å². The summed E-state index contributed by atoms with van der Waals surface area (Å²) in [4.78, 5) is 85.9. The molecule has 0 spiro atoms. The van der Waals surface area contributed by atoms with Gasteiger partial charge in [-0.3, -0.25) is 14.4 Å². The molecule has 3 aromatic heterocycles. The normalized spacial score (nSPS) is 18.1. The number of hydrogen-bond donors (Lipinski definition) is 4. The van der Waals surface area contributed by atoms with Gasteiger partial charge in [0.15, 0.2) is 0 Å². The molecule has 3 aromatic carbocycles. The molecule has 0 radical (unpaired) electrons. The zero-order chi connectivity index (χ0) is 48.4. The minimum atomic E-state index is -5.08. The van der Waals surface area contributed by atoms with Gasteiger partial charge >= 0.3 is 24.2 Å². The van der Waals surface area contributed by atoms with E-state index in [1.54, 1.807) is 11.1 Å². The fourth-order valence-corrected chi connectivity index (χ4v) is 9.16. The molecule has 354 valence electrons. The number of aliphatic carboxylic acids is 1. The van der Waals surface area contributed by atoms with E-state index in [0.29, 0.717) is 31.0 Å². The molecule has 0 aliphatic carbocycles. The number of carbonyl (C=O) groups is 5. The number of aryl methyl sites for hydroxylation is 1. The van der Waals surface area contributed by atoms with Crippen LogP contribution in [0.1, 0.15) is 74.4 Å². The van der Waals surface area contributed by atoms with Crippen LogP contribution in [0.4, 0.5) is 23.7 Å². The van der Waals surface area contributed by atoms with Gasteiger partial charge in [-0.2, -0.15) is 13.2 Å². The topological polar surface area (TPSA) is 213 Å². The molecule has 3 amide bonds. The first kappa shape index (κ1) is 46.9. The van der Waals surface area contributed by atoms with E-state index in [9.17, 15) is 32.3 Å². The Morgan fingerprint density at radius 3 is 2.16 bits per heavy atom. The summed E-state index contributed by atoms with van der Waals surface area (Å²) in [6.07, 6.45) is 1.53. The van der Waals surface area contributed by atoms with Crippen molar-refractivity contribution in [2.75, 3.05) is 25.7 Å². The highest BCUT2D eigenvalue weighted by Crippen LogP contribution is 2.46. The molecule has 0 saturated carbocycles. The number of imidazole rings is 2. The van der Waals surface area contributed by atoms with E-state index in [1.165, 1.54) is 14.2 Å². The molecule has 4 N–H and O–H groups in total. The van der Waals surface area contributed by atoms with Crippen LogP contribution in [0.15, 0.2) is 85.2 Å². The highest BCUT2D eigenvalue weighted by atomic mass is 19.4. The number of carboxylic acid groups (broad SMARTS) is 1. The molecule has 6 aromatic rings. The lowest BCUT2D eigenvalue weighted by molar-refractivity contribution is -0.192. The average Bonchev–Trinajstić information content (AvgIpc) is 4.17. The molecule has 6 heterocycles. The van der Waals surface area contributed by atoms with Crippen molar-refractivity contribution in [3.05, 3.63) is 108 Å². The summed E-state index contributed by atoms with van der Waals surface area (Å²) < 4.78 is 41.4. The Labute approximate surface area is 388 Å². The van der Waals surface area contributed by atoms with Crippen LogP contribution in [0.3, 0.4) is 0 Å². The molecule has 19 heteroatoms. The molecule has 0 bridgehead atoms. The summed E-state index contributed by atoms with van der Waals surface area (Å²) in [6.45, 7) is 4.39. The van der Waals surface area contributed by atoms with E-state index in [1.807, 2.05) is 73.5 Å². The van der Waals surface area contributed by atoms with Gasteiger partial charge < -0.3 is 39.7 Å². The number of rotatable bonds is 10. The lowest BCUT2D eigenvalue weighted by Crippen LogP contribution is -2.51. The fourth-order valence-electron chi connectivity index (χ4n) is 9.16. The Morgan fingerprint density at radius 2 is 1.50 bits per heavy atom. The van der Waals surface area contributed by atoms with Gasteiger partial charge in [-0.15, -0.1) is 0 Å². The number of esters is 1. The van der Waals surface area contributed by atoms with E-state index in [0.717, 1.165) is 80.8 Å². The van der Waals surface area contributed by atoms with Crippen molar-refractivity contribution >= 4 is 46.4 Å². The highest BCUT2D eigenvalue weighted by Gasteiger charge is 2.43. The number of ether oxygens (including phenoxy) is 2. The summed E-state index contributed by atoms with van der Waals surface area (Å²) in [5.74, 6) is -2.50. The Bertz CT molecular complexity index is 2880. The Hall–Kier alpha value is -7.57. The number of fused-ring (bicyclic) bond motifs is 1. The number of carbonyl (C=O) groups excluding carboxylic acids is 4. The van der Waals surface area contributed by atoms with Gasteiger partial charge in [0.2, 0.25) is 11.8 Å². The van der Waals surface area contributed by atoms with Crippen molar-refractivity contribution in [1.82, 2.24) is 35.1 Å². The van der Waals surface area contributed by atoms with Crippen molar-refractivity contribution in [1.29, 1.82) is 0 Å². The number of amides is 3. The second-order valence-corrected chi connectivity index (χ2v) is 17.3. The summed E-state index contributed by atoms with van der Waals surface area (Å²) in [5.41, 5.74) is 9.44. The van der Waals surface area contributed by atoms with E-state index in [-0.39, 0.29) is 42.2 Å². The van der Waals surface area contributed by atoms with Crippen LogP contribution < -0.4 is 10.2 Å². The number of nitrogens with one attached hydrogen (secondary N) is 3. The zero-order valence-electron chi connectivity index (χ0n) is 37.6. The van der Waals surface area contributed by atoms with Gasteiger partial charge in [0, 0.05) is 35.4 Å². The first-order chi connectivity index (χ1) is 32.5. The number of hydrogen-bond acceptors (Lipinski definition) is 10. The SMILES string of the molecule is COC(=O)C[C@H]1CCc2cccc3c2N(C1=O)[C@H](c1ncc(-c2ccc4nc(-c5ccc(-c6cnc([C@@H]7CCCN7C(=O)[C@@H](NC(=O)OC)C(C)C)[nH]6)cc5)ccc4c2)[nH]1)C3.O=C(O)C(F)(F)F. The number of nitrogens with zero attached hydrogens (tertiary/aromatic N) is 5. The number of methoxy groups -OCH3 is 2. The smallest absolute Gasteiger partial charge is 0.475 e. The van der Waals surface area contributed by atoms with Crippen molar-refractivity contribution in [2.24, 2.45) is 11.8 Å². The van der Waals surface area contributed by atoms with Crippen LogP contribution in [0.2, 0.25) is 0 Å². The fraction of sp³-hybridized carbons (Fsp3) is 0.347. The van der Waals surface area contributed by atoms with E-state index in [2.05, 4.69) is 44.5 Å². The molecule has 4 atom stereocenters. The molecule has 1 saturated heterocycles.